The van der Waals surface area contributed by atoms with E-state index < -0.39 is 17.0 Å². The number of carbonyl (C=O) groups is 2. The quantitative estimate of drug-likeness (QED) is 0.521. The maximum atomic E-state index is 12.0. The molecule has 3 aromatic rings. The molecular weight excluding hydrogens is 328 g/mol. The van der Waals surface area contributed by atoms with Gasteiger partial charge in [-0.2, -0.15) is 0 Å². The van der Waals surface area contributed by atoms with Crippen LogP contribution in [0.25, 0.3) is 10.8 Å². The Morgan fingerprint density at radius 1 is 1.04 bits per heavy atom. The Balaban J connectivity index is 1.68. The standard InChI is InChI=1S/C16H14N4O5/c21-12(6-9-4-5-25-8-9)17-7-13(22)18-11-3-1-2-10-14(11)16(24)20-19-15(10)23/h1-5,8H,6-7H2,(H,17,21)(H,18,22)(H,19,23)(H,20,24). The first-order valence-corrected chi connectivity index (χ1v) is 7.36. The largest absolute Gasteiger partial charge is 0.472 e. The lowest BCUT2D eigenvalue weighted by atomic mass is 10.1. The lowest BCUT2D eigenvalue weighted by Gasteiger charge is -2.08. The van der Waals surface area contributed by atoms with Gasteiger partial charge >= 0.3 is 0 Å². The third-order valence-electron chi connectivity index (χ3n) is 3.49. The van der Waals surface area contributed by atoms with Gasteiger partial charge in [-0.1, -0.05) is 6.07 Å². The van der Waals surface area contributed by atoms with Crippen molar-refractivity contribution in [1.29, 1.82) is 0 Å². The zero-order valence-electron chi connectivity index (χ0n) is 12.9. The minimum atomic E-state index is -0.533. The number of rotatable bonds is 5. The van der Waals surface area contributed by atoms with Crippen LogP contribution < -0.4 is 21.8 Å². The van der Waals surface area contributed by atoms with Gasteiger partial charge in [0.1, 0.15) is 0 Å². The number of anilines is 1. The van der Waals surface area contributed by atoms with Gasteiger partial charge in [0.05, 0.1) is 42.0 Å². The molecule has 0 radical (unpaired) electrons. The number of fused-ring (bicyclic) bond motifs is 1. The van der Waals surface area contributed by atoms with Crippen molar-refractivity contribution in [2.45, 2.75) is 6.42 Å². The molecule has 2 amide bonds. The number of hydrogen-bond donors (Lipinski definition) is 4. The number of benzene rings is 1. The summed E-state index contributed by atoms with van der Waals surface area (Å²) in [5.41, 5.74) is -0.120. The van der Waals surface area contributed by atoms with Crippen LogP contribution in [0, 0.1) is 0 Å². The van der Waals surface area contributed by atoms with E-state index in [2.05, 4.69) is 20.8 Å². The summed E-state index contributed by atoms with van der Waals surface area (Å²) in [6.45, 7) is -0.270. The Bertz CT molecular complexity index is 1030. The van der Waals surface area contributed by atoms with Crippen LogP contribution in [0.3, 0.4) is 0 Å². The molecule has 0 fully saturated rings. The number of aromatic nitrogens is 2. The molecule has 0 aliphatic heterocycles. The van der Waals surface area contributed by atoms with E-state index in [0.29, 0.717) is 5.56 Å². The van der Waals surface area contributed by atoms with Crippen LogP contribution in [-0.2, 0) is 16.0 Å². The monoisotopic (exact) mass is 342 g/mol. The maximum absolute atomic E-state index is 12.0. The normalized spacial score (nSPS) is 10.6. The predicted molar refractivity (Wildman–Crippen MR) is 89.2 cm³/mol. The molecule has 0 unspecified atom stereocenters. The van der Waals surface area contributed by atoms with Crippen molar-refractivity contribution >= 4 is 28.3 Å². The SMILES string of the molecule is O=C(Cc1ccoc1)NCC(=O)Nc1cccc2c(=O)[nH][nH]c(=O)c12. The van der Waals surface area contributed by atoms with Crippen molar-refractivity contribution in [2.24, 2.45) is 0 Å². The molecule has 2 aromatic heterocycles. The smallest absolute Gasteiger partial charge is 0.272 e. The molecule has 2 heterocycles. The molecule has 0 aliphatic rings. The van der Waals surface area contributed by atoms with Crippen LogP contribution in [0.2, 0.25) is 0 Å². The third kappa shape index (κ3) is 3.66. The zero-order chi connectivity index (χ0) is 17.8. The molecule has 0 bridgehead atoms. The number of carbonyl (C=O) groups excluding carboxylic acids is 2. The number of nitrogens with one attached hydrogen (secondary N) is 4. The highest BCUT2D eigenvalue weighted by Gasteiger charge is 2.12. The van der Waals surface area contributed by atoms with Gasteiger partial charge in [0, 0.05) is 0 Å². The van der Waals surface area contributed by atoms with Crippen molar-refractivity contribution in [1.82, 2.24) is 15.5 Å². The predicted octanol–water partition coefficient (Wildman–Crippen LogP) is 0.107. The summed E-state index contributed by atoms with van der Waals surface area (Å²) in [5, 5.41) is 9.64. The van der Waals surface area contributed by atoms with Crippen molar-refractivity contribution in [2.75, 3.05) is 11.9 Å². The lowest BCUT2D eigenvalue weighted by molar-refractivity contribution is -0.123. The van der Waals surface area contributed by atoms with E-state index in [4.69, 9.17) is 4.42 Å². The molecular formula is C16H14N4O5. The highest BCUT2D eigenvalue weighted by molar-refractivity contribution is 6.02. The van der Waals surface area contributed by atoms with Crippen molar-refractivity contribution in [3.8, 4) is 0 Å². The highest BCUT2D eigenvalue weighted by Crippen LogP contribution is 2.16. The van der Waals surface area contributed by atoms with E-state index in [1.807, 2.05) is 0 Å². The van der Waals surface area contributed by atoms with E-state index >= 15 is 0 Å². The van der Waals surface area contributed by atoms with Crippen LogP contribution in [0.5, 0.6) is 0 Å². The van der Waals surface area contributed by atoms with Crippen LogP contribution in [0.1, 0.15) is 5.56 Å². The number of amides is 2. The maximum Gasteiger partial charge on any atom is 0.272 e. The Kier molecular flexibility index (Phi) is 4.46. The lowest BCUT2D eigenvalue weighted by Crippen LogP contribution is -2.34. The van der Waals surface area contributed by atoms with Gasteiger partial charge in [0.2, 0.25) is 11.8 Å². The number of hydrogen-bond acceptors (Lipinski definition) is 5. The fourth-order valence-corrected chi connectivity index (χ4v) is 2.35. The molecule has 128 valence electrons. The molecule has 0 aliphatic carbocycles. The van der Waals surface area contributed by atoms with Gasteiger partial charge in [-0.3, -0.25) is 29.4 Å². The molecule has 0 saturated carbocycles. The minimum absolute atomic E-state index is 0.0734. The summed E-state index contributed by atoms with van der Waals surface area (Å²) in [5.74, 6) is -0.864. The summed E-state index contributed by atoms with van der Waals surface area (Å²) < 4.78 is 4.86. The first kappa shape index (κ1) is 16.2. The molecule has 1 aromatic carbocycles. The summed E-state index contributed by atoms with van der Waals surface area (Å²) >= 11 is 0. The van der Waals surface area contributed by atoms with Gasteiger partial charge in [-0.25, -0.2) is 0 Å². The second kappa shape index (κ2) is 6.87. The Labute approximate surface area is 140 Å². The number of H-pyrrole nitrogens is 2. The number of furan rings is 1. The summed E-state index contributed by atoms with van der Waals surface area (Å²) in [7, 11) is 0. The van der Waals surface area contributed by atoms with Crippen LogP contribution >= 0.6 is 0 Å². The van der Waals surface area contributed by atoms with E-state index in [1.54, 1.807) is 12.1 Å². The Morgan fingerprint density at radius 3 is 2.60 bits per heavy atom. The first-order valence-electron chi connectivity index (χ1n) is 7.36. The fraction of sp³-hybridized carbons (Fsp3) is 0.125. The highest BCUT2D eigenvalue weighted by atomic mass is 16.3. The van der Waals surface area contributed by atoms with Gasteiger partial charge in [0.15, 0.2) is 0 Å². The fourth-order valence-electron chi connectivity index (χ4n) is 2.35. The first-order chi connectivity index (χ1) is 12.0. The van der Waals surface area contributed by atoms with E-state index in [-0.39, 0.29) is 35.3 Å². The molecule has 0 saturated heterocycles. The van der Waals surface area contributed by atoms with Crippen LogP contribution in [-0.4, -0.2) is 28.6 Å². The van der Waals surface area contributed by atoms with Gasteiger partial charge in [0.25, 0.3) is 11.1 Å². The molecule has 9 nitrogen and oxygen atoms in total. The summed E-state index contributed by atoms with van der Waals surface area (Å²) in [4.78, 5) is 47.4. The molecule has 9 heteroatoms. The molecule has 25 heavy (non-hydrogen) atoms. The molecule has 0 atom stereocenters. The van der Waals surface area contributed by atoms with Gasteiger partial charge in [-0.15, -0.1) is 0 Å². The van der Waals surface area contributed by atoms with E-state index in [1.165, 1.54) is 24.7 Å². The second-order valence-corrected chi connectivity index (χ2v) is 5.27. The molecule has 0 spiro atoms. The summed E-state index contributed by atoms with van der Waals surface area (Å²) in [6, 6.07) is 6.18. The molecule has 4 N–H and O–H groups in total. The van der Waals surface area contributed by atoms with E-state index in [0.717, 1.165) is 0 Å². The van der Waals surface area contributed by atoms with Gasteiger partial charge < -0.3 is 15.1 Å². The number of aromatic amines is 2. The average Bonchev–Trinajstić information content (AvgIpc) is 3.09. The van der Waals surface area contributed by atoms with Crippen LogP contribution in [0.4, 0.5) is 5.69 Å². The molecule has 3 rings (SSSR count). The summed E-state index contributed by atoms with van der Waals surface area (Å²) in [6.07, 6.45) is 2.99. The van der Waals surface area contributed by atoms with Crippen molar-refractivity contribution in [3.63, 3.8) is 0 Å². The average molecular weight is 342 g/mol. The topological polar surface area (TPSA) is 137 Å². The second-order valence-electron chi connectivity index (χ2n) is 5.27. The van der Waals surface area contributed by atoms with Crippen LogP contribution in [0.15, 0.2) is 50.8 Å². The van der Waals surface area contributed by atoms with Gasteiger partial charge in [-0.05, 0) is 23.8 Å². The van der Waals surface area contributed by atoms with Crippen molar-refractivity contribution in [3.05, 3.63) is 63.1 Å². The Morgan fingerprint density at radius 2 is 1.84 bits per heavy atom. The Hall–Kier alpha value is -3.62. The zero-order valence-corrected chi connectivity index (χ0v) is 12.9. The van der Waals surface area contributed by atoms with Crippen molar-refractivity contribution < 1.29 is 14.0 Å². The minimum Gasteiger partial charge on any atom is -0.472 e. The van der Waals surface area contributed by atoms with E-state index in [9.17, 15) is 19.2 Å². The third-order valence-corrected chi connectivity index (χ3v) is 3.49.